The molecule has 9 nitrogen and oxygen atoms in total. The highest BCUT2D eigenvalue weighted by atomic mass is 35.5. The number of benzene rings is 2. The molecule has 3 aromatic rings. The van der Waals surface area contributed by atoms with E-state index in [2.05, 4.69) is 20.5 Å². The maximum Gasteiger partial charge on any atom is 0.263 e. The van der Waals surface area contributed by atoms with Crippen LogP contribution in [0.3, 0.4) is 0 Å². The zero-order chi connectivity index (χ0) is 21.7. The number of hydrogen-bond acceptors (Lipinski definition) is 8. The first-order chi connectivity index (χ1) is 14.9. The van der Waals surface area contributed by atoms with Gasteiger partial charge >= 0.3 is 0 Å². The fourth-order valence-corrected chi connectivity index (χ4v) is 3.89. The molecule has 0 spiro atoms. The first-order valence-corrected chi connectivity index (χ1v) is 10.0. The molecule has 1 fully saturated rings. The van der Waals surface area contributed by atoms with Crippen LogP contribution in [0.15, 0.2) is 57.3 Å². The molecule has 2 aliphatic rings. The van der Waals surface area contributed by atoms with Gasteiger partial charge in [0, 0.05) is 10.6 Å². The molecule has 0 aliphatic carbocycles. The van der Waals surface area contributed by atoms with Crippen LogP contribution in [0.25, 0.3) is 11.4 Å². The Morgan fingerprint density at radius 1 is 1.06 bits per heavy atom. The molecule has 2 unspecified atom stereocenters. The van der Waals surface area contributed by atoms with Gasteiger partial charge in [0.05, 0.1) is 5.69 Å². The Morgan fingerprint density at radius 3 is 2.65 bits per heavy atom. The first kappa shape index (κ1) is 19.4. The predicted octanol–water partition coefficient (Wildman–Crippen LogP) is 3.50. The molecule has 2 aromatic carbocycles. The molecule has 1 aromatic heterocycles. The molecule has 10 heteroatoms. The molecule has 5 rings (SSSR count). The Bertz CT molecular complexity index is 1240. The third-order valence-corrected chi connectivity index (χ3v) is 5.83. The summed E-state index contributed by atoms with van der Waals surface area (Å²) >= 11 is 6.18. The number of hydrogen-bond donors (Lipinski definition) is 0. The minimum atomic E-state index is -0.911. The van der Waals surface area contributed by atoms with Crippen molar-refractivity contribution in [2.45, 2.75) is 32.5 Å². The number of rotatable bonds is 4. The number of anilines is 1. The minimum absolute atomic E-state index is 0.0606. The minimum Gasteiger partial charge on any atom is -0.337 e. The molecule has 0 N–H and O–H groups in total. The van der Waals surface area contributed by atoms with Gasteiger partial charge in [0.1, 0.15) is 6.54 Å². The summed E-state index contributed by atoms with van der Waals surface area (Å²) in [5.41, 5.74) is 3.13. The van der Waals surface area contributed by atoms with Crippen molar-refractivity contribution in [1.82, 2.24) is 15.1 Å². The van der Waals surface area contributed by atoms with Gasteiger partial charge in [-0.2, -0.15) is 10.1 Å². The van der Waals surface area contributed by atoms with Crippen LogP contribution in [0.4, 0.5) is 5.69 Å². The third kappa shape index (κ3) is 3.17. The van der Waals surface area contributed by atoms with Crippen molar-refractivity contribution in [3.8, 4) is 11.4 Å². The van der Waals surface area contributed by atoms with Crippen LogP contribution in [0, 0.1) is 13.8 Å². The van der Waals surface area contributed by atoms with E-state index in [4.69, 9.17) is 16.1 Å². The number of aryl methyl sites for hydroxylation is 2. The molecule has 31 heavy (non-hydrogen) atoms. The standard InChI is InChI=1S/C21H17ClN6O3/c1-11-5-3-4-6-14(11)19-23-16(31-25-19)10-27-18-17(24-26-27)20(29)28(21(18)30)13-8-7-12(2)15(22)9-13/h3-9,17-18H,10H2,1-2H3. The normalized spacial score (nSPS) is 20.1. The lowest BCUT2D eigenvalue weighted by Crippen LogP contribution is -2.39. The summed E-state index contributed by atoms with van der Waals surface area (Å²) in [6.07, 6.45) is 0. The van der Waals surface area contributed by atoms with Gasteiger partial charge in [-0.3, -0.25) is 14.6 Å². The number of nitrogens with zero attached hydrogens (tertiary/aromatic N) is 6. The van der Waals surface area contributed by atoms with E-state index in [-0.39, 0.29) is 12.4 Å². The molecular formula is C21H17ClN6O3. The third-order valence-electron chi connectivity index (χ3n) is 5.42. The van der Waals surface area contributed by atoms with E-state index in [9.17, 15) is 9.59 Å². The number of aromatic nitrogens is 2. The fraction of sp³-hybridized carbons (Fsp3) is 0.238. The van der Waals surface area contributed by atoms with Crippen LogP contribution in [-0.4, -0.2) is 39.0 Å². The summed E-state index contributed by atoms with van der Waals surface area (Å²) in [5.74, 6) is -0.133. The van der Waals surface area contributed by atoms with Crippen LogP contribution in [0.1, 0.15) is 17.0 Å². The van der Waals surface area contributed by atoms with Crippen molar-refractivity contribution in [2.24, 2.45) is 10.3 Å². The van der Waals surface area contributed by atoms with Crippen molar-refractivity contribution < 1.29 is 14.1 Å². The van der Waals surface area contributed by atoms with E-state index in [1.807, 2.05) is 38.1 Å². The van der Waals surface area contributed by atoms with Crippen molar-refractivity contribution in [2.75, 3.05) is 4.90 Å². The molecule has 2 amide bonds. The largest absolute Gasteiger partial charge is 0.337 e. The van der Waals surface area contributed by atoms with E-state index in [0.717, 1.165) is 21.6 Å². The summed E-state index contributed by atoms with van der Waals surface area (Å²) in [7, 11) is 0. The number of carbonyl (C=O) groups is 2. The molecule has 0 bridgehead atoms. The summed E-state index contributed by atoms with van der Waals surface area (Å²) in [4.78, 5) is 31.5. The summed E-state index contributed by atoms with van der Waals surface area (Å²) in [6, 6.07) is 11.0. The quantitative estimate of drug-likeness (QED) is 0.580. The van der Waals surface area contributed by atoms with E-state index >= 15 is 0 Å². The highest BCUT2D eigenvalue weighted by Gasteiger charge is 2.55. The molecule has 0 saturated carbocycles. The lowest BCUT2D eigenvalue weighted by Gasteiger charge is -2.19. The van der Waals surface area contributed by atoms with E-state index in [1.165, 1.54) is 5.01 Å². The Hall–Kier alpha value is -3.59. The van der Waals surface area contributed by atoms with Crippen LogP contribution in [0.2, 0.25) is 5.02 Å². The molecule has 0 radical (unpaired) electrons. The lowest BCUT2D eigenvalue weighted by molar-refractivity contribution is -0.123. The van der Waals surface area contributed by atoms with E-state index < -0.39 is 23.9 Å². The topological polar surface area (TPSA) is 104 Å². The van der Waals surface area contributed by atoms with E-state index in [1.54, 1.807) is 18.2 Å². The van der Waals surface area contributed by atoms with Gasteiger partial charge in [-0.1, -0.05) is 52.3 Å². The van der Waals surface area contributed by atoms with Gasteiger partial charge in [-0.15, -0.1) is 0 Å². The second-order valence-electron chi connectivity index (χ2n) is 7.46. The van der Waals surface area contributed by atoms with Crippen molar-refractivity contribution in [3.63, 3.8) is 0 Å². The Morgan fingerprint density at radius 2 is 1.87 bits per heavy atom. The average Bonchev–Trinajstić information content (AvgIpc) is 3.43. The predicted molar refractivity (Wildman–Crippen MR) is 111 cm³/mol. The number of imide groups is 1. The average molecular weight is 437 g/mol. The number of carbonyl (C=O) groups excluding carboxylic acids is 2. The molecule has 3 heterocycles. The molecule has 156 valence electrons. The molecule has 2 aliphatic heterocycles. The second kappa shape index (κ2) is 7.28. The summed E-state index contributed by atoms with van der Waals surface area (Å²) in [5, 5.41) is 13.9. The van der Waals surface area contributed by atoms with Gasteiger partial charge in [-0.25, -0.2) is 4.90 Å². The smallest absolute Gasteiger partial charge is 0.263 e. The summed E-state index contributed by atoms with van der Waals surface area (Å²) in [6.45, 7) is 3.87. The van der Waals surface area contributed by atoms with Gasteiger partial charge in [-0.05, 0) is 37.1 Å². The fourth-order valence-electron chi connectivity index (χ4n) is 3.72. The highest BCUT2D eigenvalue weighted by Crippen LogP contribution is 2.34. The Labute approximate surface area is 182 Å². The maximum absolute atomic E-state index is 13.1. The first-order valence-electron chi connectivity index (χ1n) is 9.64. The zero-order valence-electron chi connectivity index (χ0n) is 16.7. The van der Waals surface area contributed by atoms with Crippen molar-refractivity contribution in [1.29, 1.82) is 0 Å². The van der Waals surface area contributed by atoms with Crippen molar-refractivity contribution >= 4 is 29.1 Å². The van der Waals surface area contributed by atoms with Gasteiger partial charge in [0.25, 0.3) is 11.8 Å². The number of halogens is 1. The van der Waals surface area contributed by atoms with E-state index in [0.29, 0.717) is 16.5 Å². The summed E-state index contributed by atoms with van der Waals surface area (Å²) < 4.78 is 5.36. The number of amides is 2. The highest BCUT2D eigenvalue weighted by molar-refractivity contribution is 6.32. The molecular weight excluding hydrogens is 420 g/mol. The molecule has 1 saturated heterocycles. The number of fused-ring (bicyclic) bond motifs is 1. The van der Waals surface area contributed by atoms with Gasteiger partial charge in [0.2, 0.25) is 11.7 Å². The molecule has 2 atom stereocenters. The second-order valence-corrected chi connectivity index (χ2v) is 7.87. The van der Waals surface area contributed by atoms with Crippen LogP contribution >= 0.6 is 11.6 Å². The zero-order valence-corrected chi connectivity index (χ0v) is 17.4. The lowest BCUT2D eigenvalue weighted by atomic mass is 10.1. The monoisotopic (exact) mass is 436 g/mol. The van der Waals surface area contributed by atoms with Crippen LogP contribution < -0.4 is 4.90 Å². The Balaban J connectivity index is 1.38. The van der Waals surface area contributed by atoms with Gasteiger partial charge < -0.3 is 4.52 Å². The SMILES string of the molecule is Cc1ccc(N2C(=O)C3N=NN(Cc4nc(-c5ccccc5C)no4)C3C2=O)cc1Cl. The van der Waals surface area contributed by atoms with Crippen LogP contribution in [-0.2, 0) is 16.1 Å². The maximum atomic E-state index is 13.1. The van der Waals surface area contributed by atoms with Crippen LogP contribution in [0.5, 0.6) is 0 Å². The van der Waals surface area contributed by atoms with Crippen molar-refractivity contribution in [3.05, 3.63) is 64.5 Å². The Kier molecular flexibility index (Phi) is 4.55. The van der Waals surface area contributed by atoms with Gasteiger partial charge in [0.15, 0.2) is 12.1 Å².